The number of aromatic nitrogens is 2. The molecule has 0 spiro atoms. The largest absolute Gasteiger partial charge is 0.326 e. The van der Waals surface area contributed by atoms with Crippen LogP contribution < -0.4 is 5.32 Å². The summed E-state index contributed by atoms with van der Waals surface area (Å²) < 4.78 is 1.89. The van der Waals surface area contributed by atoms with Crippen molar-refractivity contribution in [3.8, 4) is 0 Å². The second kappa shape index (κ2) is 6.40. The van der Waals surface area contributed by atoms with Crippen molar-refractivity contribution in [2.45, 2.75) is 19.9 Å². The maximum Gasteiger partial charge on any atom is 0.226 e. The molecule has 0 saturated carbocycles. The summed E-state index contributed by atoms with van der Waals surface area (Å²) in [6, 6.07) is 20.2. The molecule has 0 unspecified atom stereocenters. The molecule has 0 aliphatic rings. The number of nitrogens with one attached hydrogen (secondary N) is 1. The zero-order chi connectivity index (χ0) is 17.2. The van der Waals surface area contributed by atoms with E-state index in [-0.39, 0.29) is 5.91 Å². The molecule has 0 saturated heterocycles. The van der Waals surface area contributed by atoms with E-state index in [4.69, 9.17) is 0 Å². The van der Waals surface area contributed by atoms with Crippen molar-refractivity contribution in [3.05, 3.63) is 72.4 Å². The monoisotopic (exact) mass is 329 g/mol. The molecule has 0 fully saturated rings. The molecule has 0 atom stereocenters. The van der Waals surface area contributed by atoms with Gasteiger partial charge in [-0.05, 0) is 41.5 Å². The van der Waals surface area contributed by atoms with E-state index in [1.165, 1.54) is 10.9 Å². The first-order chi connectivity index (χ1) is 12.2. The number of carbonyl (C=O) groups excluding carboxylic acids is 1. The Bertz CT molecular complexity index is 1070. The zero-order valence-electron chi connectivity index (χ0n) is 14.1. The lowest BCUT2D eigenvalue weighted by Gasteiger charge is -2.08. The Morgan fingerprint density at radius 1 is 1.04 bits per heavy atom. The van der Waals surface area contributed by atoms with Gasteiger partial charge in [0.05, 0.1) is 18.3 Å². The number of fused-ring (bicyclic) bond motifs is 2. The van der Waals surface area contributed by atoms with E-state index in [1.54, 1.807) is 0 Å². The SMILES string of the molecule is Cc1cccc2c1cnn2CCC(=O)Nc1ccc2ccccc2c1. The standard InChI is InChI=1S/C21H19N3O/c1-15-5-4-8-20-19(15)14-22-24(20)12-11-21(25)23-18-10-9-16-6-2-3-7-17(16)13-18/h2-10,13-14H,11-12H2,1H3,(H,23,25). The van der Waals surface area contributed by atoms with Gasteiger partial charge in [0.25, 0.3) is 0 Å². The Balaban J connectivity index is 1.45. The van der Waals surface area contributed by atoms with Gasteiger partial charge in [-0.25, -0.2) is 0 Å². The molecular weight excluding hydrogens is 310 g/mol. The van der Waals surface area contributed by atoms with Gasteiger partial charge in [-0.15, -0.1) is 0 Å². The highest BCUT2D eigenvalue weighted by Gasteiger charge is 2.08. The Hall–Kier alpha value is -3.14. The van der Waals surface area contributed by atoms with E-state index in [9.17, 15) is 4.79 Å². The van der Waals surface area contributed by atoms with Crippen molar-refractivity contribution in [3.63, 3.8) is 0 Å². The van der Waals surface area contributed by atoms with Crippen LogP contribution in [0.5, 0.6) is 0 Å². The van der Waals surface area contributed by atoms with Crippen LogP contribution in [0.4, 0.5) is 5.69 Å². The fourth-order valence-corrected chi connectivity index (χ4v) is 3.12. The topological polar surface area (TPSA) is 46.9 Å². The van der Waals surface area contributed by atoms with E-state index < -0.39 is 0 Å². The number of carbonyl (C=O) groups is 1. The number of aryl methyl sites for hydroxylation is 2. The first-order valence-electron chi connectivity index (χ1n) is 8.40. The molecule has 0 bridgehead atoms. The third-order valence-corrected chi connectivity index (χ3v) is 4.49. The third-order valence-electron chi connectivity index (χ3n) is 4.49. The minimum atomic E-state index is -0.00779. The average molecular weight is 329 g/mol. The van der Waals surface area contributed by atoms with Gasteiger partial charge in [0.1, 0.15) is 0 Å². The summed E-state index contributed by atoms with van der Waals surface area (Å²) in [4.78, 5) is 12.3. The average Bonchev–Trinajstić information content (AvgIpc) is 3.04. The van der Waals surface area contributed by atoms with E-state index in [0.29, 0.717) is 13.0 Å². The molecule has 1 aromatic heterocycles. The quantitative estimate of drug-likeness (QED) is 0.598. The molecule has 0 radical (unpaired) electrons. The van der Waals surface area contributed by atoms with Crippen LogP contribution in [0.25, 0.3) is 21.7 Å². The van der Waals surface area contributed by atoms with Crippen molar-refractivity contribution in [1.29, 1.82) is 0 Å². The van der Waals surface area contributed by atoms with Gasteiger partial charge in [-0.3, -0.25) is 9.48 Å². The van der Waals surface area contributed by atoms with Crippen LogP contribution in [0, 0.1) is 6.92 Å². The fraction of sp³-hybridized carbons (Fsp3) is 0.143. The van der Waals surface area contributed by atoms with Crippen LogP contribution in [-0.2, 0) is 11.3 Å². The highest BCUT2D eigenvalue weighted by atomic mass is 16.1. The summed E-state index contributed by atoms with van der Waals surface area (Å²) in [6.45, 7) is 2.63. The molecular formula is C21H19N3O. The van der Waals surface area contributed by atoms with Crippen molar-refractivity contribution in [1.82, 2.24) is 9.78 Å². The predicted molar refractivity (Wildman–Crippen MR) is 102 cm³/mol. The van der Waals surface area contributed by atoms with Crippen LogP contribution in [0.1, 0.15) is 12.0 Å². The van der Waals surface area contributed by atoms with Gasteiger partial charge in [-0.1, -0.05) is 42.5 Å². The highest BCUT2D eigenvalue weighted by Crippen LogP contribution is 2.20. The van der Waals surface area contributed by atoms with Crippen LogP contribution in [-0.4, -0.2) is 15.7 Å². The summed E-state index contributed by atoms with van der Waals surface area (Å²) in [5.41, 5.74) is 3.09. The van der Waals surface area contributed by atoms with E-state index in [1.807, 2.05) is 59.4 Å². The number of anilines is 1. The first kappa shape index (κ1) is 15.4. The Kier molecular flexibility index (Phi) is 3.94. The van der Waals surface area contributed by atoms with Gasteiger partial charge < -0.3 is 5.32 Å². The van der Waals surface area contributed by atoms with Crippen molar-refractivity contribution < 1.29 is 4.79 Å². The summed E-state index contributed by atoms with van der Waals surface area (Å²) in [7, 11) is 0. The summed E-state index contributed by atoms with van der Waals surface area (Å²) >= 11 is 0. The first-order valence-corrected chi connectivity index (χ1v) is 8.40. The summed E-state index contributed by atoms with van der Waals surface area (Å²) in [5.74, 6) is -0.00779. The molecule has 25 heavy (non-hydrogen) atoms. The molecule has 0 aliphatic carbocycles. The van der Waals surface area contributed by atoms with E-state index in [0.717, 1.165) is 22.0 Å². The molecule has 4 rings (SSSR count). The summed E-state index contributed by atoms with van der Waals surface area (Å²) in [6.07, 6.45) is 2.25. The van der Waals surface area contributed by atoms with Gasteiger partial charge in [0.15, 0.2) is 0 Å². The molecule has 0 aliphatic heterocycles. The lowest BCUT2D eigenvalue weighted by molar-refractivity contribution is -0.116. The number of amides is 1. The van der Waals surface area contributed by atoms with Crippen LogP contribution in [0.3, 0.4) is 0 Å². The number of nitrogens with zero attached hydrogens (tertiary/aromatic N) is 2. The van der Waals surface area contributed by atoms with Crippen molar-refractivity contribution in [2.75, 3.05) is 5.32 Å². The van der Waals surface area contributed by atoms with Crippen LogP contribution in [0.15, 0.2) is 66.9 Å². The Labute approximate surface area is 146 Å². The predicted octanol–water partition coefficient (Wildman–Crippen LogP) is 4.53. The Morgan fingerprint density at radius 2 is 1.88 bits per heavy atom. The minimum absolute atomic E-state index is 0.00779. The minimum Gasteiger partial charge on any atom is -0.326 e. The second-order valence-electron chi connectivity index (χ2n) is 6.24. The molecule has 4 nitrogen and oxygen atoms in total. The smallest absolute Gasteiger partial charge is 0.226 e. The maximum atomic E-state index is 12.3. The van der Waals surface area contributed by atoms with E-state index >= 15 is 0 Å². The van der Waals surface area contributed by atoms with Gasteiger partial charge in [-0.2, -0.15) is 5.10 Å². The van der Waals surface area contributed by atoms with Crippen molar-refractivity contribution >= 4 is 33.3 Å². The lowest BCUT2D eigenvalue weighted by Crippen LogP contribution is -2.14. The van der Waals surface area contributed by atoms with Crippen LogP contribution >= 0.6 is 0 Å². The number of hydrogen-bond donors (Lipinski definition) is 1. The van der Waals surface area contributed by atoms with Crippen LogP contribution in [0.2, 0.25) is 0 Å². The molecule has 1 N–H and O–H groups in total. The zero-order valence-corrected chi connectivity index (χ0v) is 14.1. The number of benzene rings is 3. The highest BCUT2D eigenvalue weighted by molar-refractivity contribution is 5.94. The van der Waals surface area contributed by atoms with Gasteiger partial charge >= 0.3 is 0 Å². The molecule has 4 aromatic rings. The number of rotatable bonds is 4. The maximum absolute atomic E-state index is 12.3. The molecule has 1 heterocycles. The normalized spacial score (nSPS) is 11.1. The third kappa shape index (κ3) is 3.11. The van der Waals surface area contributed by atoms with E-state index in [2.05, 4.69) is 29.5 Å². The molecule has 1 amide bonds. The van der Waals surface area contributed by atoms with Crippen molar-refractivity contribution in [2.24, 2.45) is 0 Å². The molecule has 4 heteroatoms. The fourth-order valence-electron chi connectivity index (χ4n) is 3.12. The van der Waals surface area contributed by atoms with Gasteiger partial charge in [0, 0.05) is 17.5 Å². The Morgan fingerprint density at radius 3 is 2.76 bits per heavy atom. The number of hydrogen-bond acceptors (Lipinski definition) is 2. The molecule has 124 valence electrons. The second-order valence-corrected chi connectivity index (χ2v) is 6.24. The lowest BCUT2D eigenvalue weighted by atomic mass is 10.1. The molecule has 3 aromatic carbocycles. The summed E-state index contributed by atoms with van der Waals surface area (Å²) in [5, 5.41) is 10.8. The van der Waals surface area contributed by atoms with Gasteiger partial charge in [0.2, 0.25) is 5.91 Å².